The SMILES string of the molecule is CN(CCC#N)C(=O)CCSc1cccc(Br)c1. The molecule has 0 spiro atoms. The second-order valence-electron chi connectivity index (χ2n) is 3.78. The van der Waals surface area contributed by atoms with Crippen molar-refractivity contribution < 1.29 is 4.79 Å². The Balaban J connectivity index is 2.29. The van der Waals surface area contributed by atoms with Gasteiger partial charge in [0.2, 0.25) is 5.91 Å². The van der Waals surface area contributed by atoms with E-state index in [0.29, 0.717) is 19.4 Å². The Kier molecular flexibility index (Phi) is 6.84. The van der Waals surface area contributed by atoms with Gasteiger partial charge in [0.1, 0.15) is 0 Å². The average Bonchev–Trinajstić information content (AvgIpc) is 2.35. The van der Waals surface area contributed by atoms with Gasteiger partial charge in [-0.05, 0) is 18.2 Å². The van der Waals surface area contributed by atoms with Gasteiger partial charge in [0.05, 0.1) is 12.5 Å². The number of rotatable bonds is 6. The molecular weight excluding hydrogens is 312 g/mol. The molecule has 1 aromatic carbocycles. The van der Waals surface area contributed by atoms with E-state index in [-0.39, 0.29) is 5.91 Å². The van der Waals surface area contributed by atoms with Crippen LogP contribution < -0.4 is 0 Å². The molecule has 18 heavy (non-hydrogen) atoms. The van der Waals surface area contributed by atoms with Crippen molar-refractivity contribution in [2.24, 2.45) is 0 Å². The molecule has 0 aliphatic rings. The molecule has 0 aromatic heterocycles. The molecule has 0 atom stereocenters. The Hall–Kier alpha value is -0.990. The van der Waals surface area contributed by atoms with Crippen LogP contribution in [0.3, 0.4) is 0 Å². The summed E-state index contributed by atoms with van der Waals surface area (Å²) >= 11 is 5.08. The van der Waals surface area contributed by atoms with Crippen molar-refractivity contribution in [2.45, 2.75) is 17.7 Å². The van der Waals surface area contributed by atoms with Crippen molar-refractivity contribution >= 4 is 33.6 Å². The van der Waals surface area contributed by atoms with Crippen LogP contribution in [-0.4, -0.2) is 30.2 Å². The van der Waals surface area contributed by atoms with E-state index in [1.807, 2.05) is 30.3 Å². The van der Waals surface area contributed by atoms with Gasteiger partial charge >= 0.3 is 0 Å². The fourth-order valence-electron chi connectivity index (χ4n) is 1.35. The second-order valence-corrected chi connectivity index (χ2v) is 5.86. The normalized spacial score (nSPS) is 9.83. The molecule has 96 valence electrons. The number of carbonyl (C=O) groups excluding carboxylic acids is 1. The summed E-state index contributed by atoms with van der Waals surface area (Å²) in [6.45, 7) is 0.511. The smallest absolute Gasteiger partial charge is 0.223 e. The summed E-state index contributed by atoms with van der Waals surface area (Å²) in [4.78, 5) is 14.5. The molecule has 0 aliphatic carbocycles. The zero-order chi connectivity index (χ0) is 13.4. The van der Waals surface area contributed by atoms with Gasteiger partial charge in [0.25, 0.3) is 0 Å². The highest BCUT2D eigenvalue weighted by molar-refractivity contribution is 9.10. The van der Waals surface area contributed by atoms with Crippen molar-refractivity contribution in [1.82, 2.24) is 4.90 Å². The lowest BCUT2D eigenvalue weighted by atomic mass is 10.3. The molecular formula is C13H15BrN2OS. The molecule has 0 N–H and O–H groups in total. The van der Waals surface area contributed by atoms with Gasteiger partial charge in [0.15, 0.2) is 0 Å². The van der Waals surface area contributed by atoms with Crippen molar-refractivity contribution in [1.29, 1.82) is 5.26 Å². The summed E-state index contributed by atoms with van der Waals surface area (Å²) in [5, 5.41) is 8.45. The van der Waals surface area contributed by atoms with Crippen LogP contribution >= 0.6 is 27.7 Å². The topological polar surface area (TPSA) is 44.1 Å². The maximum atomic E-state index is 11.7. The van der Waals surface area contributed by atoms with E-state index in [9.17, 15) is 4.79 Å². The standard InChI is InChI=1S/C13H15BrN2OS/c1-16(8-3-7-15)13(17)6-9-18-12-5-2-4-11(14)10-12/h2,4-5,10H,3,6,8-9H2,1H3. The summed E-state index contributed by atoms with van der Waals surface area (Å²) < 4.78 is 1.05. The van der Waals surface area contributed by atoms with Crippen molar-refractivity contribution in [3.05, 3.63) is 28.7 Å². The van der Waals surface area contributed by atoms with Crippen LogP contribution in [0.25, 0.3) is 0 Å². The number of thioether (sulfide) groups is 1. The van der Waals surface area contributed by atoms with E-state index in [0.717, 1.165) is 15.1 Å². The maximum absolute atomic E-state index is 11.7. The number of nitrogens with zero attached hydrogens (tertiary/aromatic N) is 2. The number of nitriles is 1. The highest BCUT2D eigenvalue weighted by Gasteiger charge is 2.07. The first kappa shape index (κ1) is 15.1. The van der Waals surface area contributed by atoms with Gasteiger partial charge in [-0.3, -0.25) is 4.79 Å². The zero-order valence-electron chi connectivity index (χ0n) is 10.2. The minimum absolute atomic E-state index is 0.0905. The van der Waals surface area contributed by atoms with E-state index in [1.165, 1.54) is 0 Å². The largest absolute Gasteiger partial charge is 0.345 e. The second kappa shape index (κ2) is 8.17. The van der Waals surface area contributed by atoms with E-state index in [2.05, 4.69) is 15.9 Å². The van der Waals surface area contributed by atoms with Crippen LogP contribution in [0.5, 0.6) is 0 Å². The summed E-state index contributed by atoms with van der Waals surface area (Å²) in [5.41, 5.74) is 0. The van der Waals surface area contributed by atoms with Crippen molar-refractivity contribution in [2.75, 3.05) is 19.3 Å². The third-order valence-electron chi connectivity index (χ3n) is 2.37. The third kappa shape index (κ3) is 5.56. The predicted molar refractivity (Wildman–Crippen MR) is 77.4 cm³/mol. The molecule has 0 saturated heterocycles. The lowest BCUT2D eigenvalue weighted by molar-refractivity contribution is -0.129. The molecule has 5 heteroatoms. The molecule has 0 saturated carbocycles. The van der Waals surface area contributed by atoms with Gasteiger partial charge in [-0.15, -0.1) is 11.8 Å². The van der Waals surface area contributed by atoms with Gasteiger partial charge < -0.3 is 4.90 Å². The highest BCUT2D eigenvalue weighted by Crippen LogP contribution is 2.22. The molecule has 1 aromatic rings. The van der Waals surface area contributed by atoms with Crippen LogP contribution in [0.2, 0.25) is 0 Å². The minimum Gasteiger partial charge on any atom is -0.345 e. The fraction of sp³-hybridized carbons (Fsp3) is 0.385. The summed E-state index contributed by atoms with van der Waals surface area (Å²) in [6.07, 6.45) is 0.889. The molecule has 0 aliphatic heterocycles. The molecule has 0 unspecified atom stereocenters. The first-order valence-electron chi connectivity index (χ1n) is 5.63. The first-order valence-corrected chi connectivity index (χ1v) is 7.40. The van der Waals surface area contributed by atoms with Crippen LogP contribution in [-0.2, 0) is 4.79 Å². The molecule has 3 nitrogen and oxygen atoms in total. The van der Waals surface area contributed by atoms with Crippen molar-refractivity contribution in [3.8, 4) is 6.07 Å². The molecule has 1 rings (SSSR count). The molecule has 1 amide bonds. The van der Waals surface area contributed by atoms with E-state index in [1.54, 1.807) is 23.7 Å². The number of halogens is 1. The molecule has 0 radical (unpaired) electrons. The number of amides is 1. The Bertz CT molecular complexity index is 445. The lowest BCUT2D eigenvalue weighted by Gasteiger charge is -2.14. The summed E-state index contributed by atoms with van der Waals surface area (Å²) in [6, 6.07) is 10.1. The monoisotopic (exact) mass is 326 g/mol. The number of benzene rings is 1. The van der Waals surface area contributed by atoms with E-state index < -0.39 is 0 Å². The Labute approximate surface area is 120 Å². The summed E-state index contributed by atoms with van der Waals surface area (Å²) in [5.74, 6) is 0.847. The maximum Gasteiger partial charge on any atom is 0.223 e. The van der Waals surface area contributed by atoms with Crippen LogP contribution in [0.1, 0.15) is 12.8 Å². The lowest BCUT2D eigenvalue weighted by Crippen LogP contribution is -2.27. The predicted octanol–water partition coefficient (Wildman–Crippen LogP) is 3.30. The average molecular weight is 327 g/mol. The Morgan fingerprint density at radius 1 is 1.56 bits per heavy atom. The number of carbonyl (C=O) groups is 1. The quantitative estimate of drug-likeness (QED) is 0.753. The van der Waals surface area contributed by atoms with Crippen LogP contribution in [0.15, 0.2) is 33.6 Å². The van der Waals surface area contributed by atoms with Crippen LogP contribution in [0, 0.1) is 11.3 Å². The fourth-order valence-corrected chi connectivity index (χ4v) is 2.79. The van der Waals surface area contributed by atoms with Crippen LogP contribution in [0.4, 0.5) is 0 Å². The third-order valence-corrected chi connectivity index (χ3v) is 3.85. The minimum atomic E-state index is 0.0905. The van der Waals surface area contributed by atoms with Gasteiger partial charge in [0, 0.05) is 35.1 Å². The highest BCUT2D eigenvalue weighted by atomic mass is 79.9. The molecule has 0 bridgehead atoms. The number of hydrogen-bond acceptors (Lipinski definition) is 3. The molecule has 0 fully saturated rings. The van der Waals surface area contributed by atoms with Gasteiger partial charge in [-0.25, -0.2) is 0 Å². The van der Waals surface area contributed by atoms with Gasteiger partial charge in [-0.2, -0.15) is 5.26 Å². The zero-order valence-corrected chi connectivity index (χ0v) is 12.6. The van der Waals surface area contributed by atoms with Crippen molar-refractivity contribution in [3.63, 3.8) is 0 Å². The summed E-state index contributed by atoms with van der Waals surface area (Å²) in [7, 11) is 1.74. The van der Waals surface area contributed by atoms with E-state index >= 15 is 0 Å². The Morgan fingerprint density at radius 3 is 3.00 bits per heavy atom. The van der Waals surface area contributed by atoms with E-state index in [4.69, 9.17) is 5.26 Å². The van der Waals surface area contributed by atoms with Gasteiger partial charge in [-0.1, -0.05) is 22.0 Å². The first-order chi connectivity index (χ1) is 8.63. The molecule has 0 heterocycles. The number of hydrogen-bond donors (Lipinski definition) is 0. The Morgan fingerprint density at radius 2 is 2.33 bits per heavy atom.